The average molecular weight is 302 g/mol. The van der Waals surface area contributed by atoms with Crippen LogP contribution in [-0.2, 0) is 0 Å². The van der Waals surface area contributed by atoms with Crippen LogP contribution in [0.15, 0.2) is 22.7 Å². The lowest BCUT2D eigenvalue weighted by atomic mass is 10.2. The first-order valence-corrected chi connectivity index (χ1v) is 5.85. The zero-order valence-corrected chi connectivity index (χ0v) is 11.0. The van der Waals surface area contributed by atoms with E-state index >= 15 is 0 Å². The van der Waals surface area contributed by atoms with E-state index in [2.05, 4.69) is 21.2 Å². The number of halogens is 2. The van der Waals surface area contributed by atoms with Crippen molar-refractivity contribution < 1.29 is 4.79 Å². The highest BCUT2D eigenvalue weighted by Crippen LogP contribution is 2.25. The number of carbonyl (C=O) groups excluding carboxylic acids is 1. The van der Waals surface area contributed by atoms with Crippen LogP contribution in [0.1, 0.15) is 17.3 Å². The number of nitrogens with zero attached hydrogens (tertiary/aromatic N) is 1. The maximum Gasteiger partial charge on any atom is 0.252 e. The van der Waals surface area contributed by atoms with E-state index in [1.807, 2.05) is 6.07 Å². The summed E-state index contributed by atoms with van der Waals surface area (Å²) >= 11 is 9.21. The van der Waals surface area contributed by atoms with Crippen LogP contribution in [0.4, 0.5) is 0 Å². The number of rotatable bonds is 3. The number of hydrogen-bond acceptors (Lipinski definition) is 2. The van der Waals surface area contributed by atoms with Crippen LogP contribution >= 0.6 is 27.5 Å². The molecule has 1 amide bonds. The molecule has 1 aromatic rings. The molecular formula is C11H10BrClN2O. The standard InChI is InChI=1S/C11H10BrClN2O/c1-7(5-14)6-15-11(16)8-3-2-4-9(12)10(8)13/h2-4,7H,6H2,1H3,(H,15,16). The summed E-state index contributed by atoms with van der Waals surface area (Å²) in [6.45, 7) is 2.06. The molecule has 1 unspecified atom stereocenters. The van der Waals surface area contributed by atoms with E-state index in [-0.39, 0.29) is 11.8 Å². The topological polar surface area (TPSA) is 52.9 Å². The summed E-state index contributed by atoms with van der Waals surface area (Å²) in [6, 6.07) is 7.17. The summed E-state index contributed by atoms with van der Waals surface area (Å²) in [6.07, 6.45) is 0. The van der Waals surface area contributed by atoms with Crippen molar-refractivity contribution in [1.82, 2.24) is 5.32 Å². The molecule has 5 heteroatoms. The van der Waals surface area contributed by atoms with Crippen molar-refractivity contribution in [2.45, 2.75) is 6.92 Å². The van der Waals surface area contributed by atoms with E-state index in [0.29, 0.717) is 21.6 Å². The van der Waals surface area contributed by atoms with Crippen LogP contribution < -0.4 is 5.32 Å². The fraction of sp³-hybridized carbons (Fsp3) is 0.273. The number of carbonyl (C=O) groups is 1. The van der Waals surface area contributed by atoms with Crippen LogP contribution in [0, 0.1) is 17.2 Å². The first-order chi connectivity index (χ1) is 7.56. The molecule has 0 saturated carbocycles. The molecular weight excluding hydrogens is 291 g/mol. The Morgan fingerprint density at radius 3 is 3.00 bits per heavy atom. The third kappa shape index (κ3) is 3.22. The zero-order chi connectivity index (χ0) is 12.1. The second-order valence-corrected chi connectivity index (χ2v) is 4.57. The van der Waals surface area contributed by atoms with Gasteiger partial charge in [-0.15, -0.1) is 0 Å². The van der Waals surface area contributed by atoms with Gasteiger partial charge in [-0.1, -0.05) is 17.7 Å². The van der Waals surface area contributed by atoms with E-state index in [9.17, 15) is 4.79 Å². The van der Waals surface area contributed by atoms with E-state index < -0.39 is 0 Å². The van der Waals surface area contributed by atoms with Crippen molar-refractivity contribution in [2.75, 3.05) is 6.54 Å². The normalized spacial score (nSPS) is 11.6. The molecule has 0 aliphatic carbocycles. The molecule has 84 valence electrons. The maximum absolute atomic E-state index is 11.7. The molecule has 0 radical (unpaired) electrons. The van der Waals surface area contributed by atoms with Crippen LogP contribution in [0.2, 0.25) is 5.02 Å². The molecule has 3 nitrogen and oxygen atoms in total. The molecule has 0 saturated heterocycles. The van der Waals surface area contributed by atoms with E-state index in [0.717, 1.165) is 0 Å². The van der Waals surface area contributed by atoms with Gasteiger partial charge in [0.25, 0.3) is 5.91 Å². The van der Waals surface area contributed by atoms with Gasteiger partial charge < -0.3 is 5.32 Å². The van der Waals surface area contributed by atoms with Crippen molar-refractivity contribution in [3.63, 3.8) is 0 Å². The summed E-state index contributed by atoms with van der Waals surface area (Å²) in [5.74, 6) is -0.483. The third-order valence-electron chi connectivity index (χ3n) is 1.99. The largest absolute Gasteiger partial charge is 0.351 e. The number of nitriles is 1. The van der Waals surface area contributed by atoms with E-state index in [1.54, 1.807) is 25.1 Å². The summed E-state index contributed by atoms with van der Waals surface area (Å²) in [7, 11) is 0. The Bertz CT molecular complexity index is 442. The molecule has 16 heavy (non-hydrogen) atoms. The lowest BCUT2D eigenvalue weighted by molar-refractivity contribution is 0.0951. The minimum Gasteiger partial charge on any atom is -0.351 e. The minimum absolute atomic E-state index is 0.213. The Hall–Kier alpha value is -1.05. The Kier molecular flexibility index (Phi) is 4.78. The molecule has 0 fully saturated rings. The highest BCUT2D eigenvalue weighted by Gasteiger charge is 2.12. The molecule has 0 bridgehead atoms. The van der Waals surface area contributed by atoms with Gasteiger partial charge >= 0.3 is 0 Å². The summed E-state index contributed by atoms with van der Waals surface area (Å²) in [5, 5.41) is 11.6. The van der Waals surface area contributed by atoms with Crippen LogP contribution in [-0.4, -0.2) is 12.5 Å². The number of hydrogen-bond donors (Lipinski definition) is 1. The zero-order valence-electron chi connectivity index (χ0n) is 8.63. The fourth-order valence-corrected chi connectivity index (χ4v) is 1.64. The molecule has 0 aromatic heterocycles. The highest BCUT2D eigenvalue weighted by molar-refractivity contribution is 9.10. The van der Waals surface area contributed by atoms with Crippen LogP contribution in [0.25, 0.3) is 0 Å². The Morgan fingerprint density at radius 2 is 2.38 bits per heavy atom. The van der Waals surface area contributed by atoms with Gasteiger partial charge in [-0.05, 0) is 35.0 Å². The second-order valence-electron chi connectivity index (χ2n) is 3.34. The highest BCUT2D eigenvalue weighted by atomic mass is 79.9. The quantitative estimate of drug-likeness (QED) is 0.933. The number of benzene rings is 1. The molecule has 1 rings (SSSR count). The van der Waals surface area contributed by atoms with Gasteiger partial charge in [0.1, 0.15) is 0 Å². The van der Waals surface area contributed by atoms with E-state index in [4.69, 9.17) is 16.9 Å². The van der Waals surface area contributed by atoms with Crippen molar-refractivity contribution in [1.29, 1.82) is 5.26 Å². The smallest absolute Gasteiger partial charge is 0.252 e. The number of nitrogens with one attached hydrogen (secondary N) is 1. The van der Waals surface area contributed by atoms with Gasteiger partial charge in [0, 0.05) is 11.0 Å². The predicted octanol–water partition coefficient (Wildman–Crippen LogP) is 2.99. The summed E-state index contributed by atoms with van der Waals surface area (Å²) in [4.78, 5) is 11.7. The SMILES string of the molecule is CC(C#N)CNC(=O)c1cccc(Br)c1Cl. The molecule has 1 aromatic carbocycles. The summed E-state index contributed by atoms with van der Waals surface area (Å²) < 4.78 is 0.676. The Balaban J connectivity index is 2.75. The average Bonchev–Trinajstić information content (AvgIpc) is 2.29. The van der Waals surface area contributed by atoms with Crippen molar-refractivity contribution in [2.24, 2.45) is 5.92 Å². The minimum atomic E-state index is -0.270. The van der Waals surface area contributed by atoms with Gasteiger partial charge in [-0.2, -0.15) is 5.26 Å². The molecule has 1 atom stereocenters. The maximum atomic E-state index is 11.7. The van der Waals surface area contributed by atoms with Gasteiger partial charge in [0.2, 0.25) is 0 Å². The Labute approximate surface area is 108 Å². The number of amides is 1. The van der Waals surface area contributed by atoms with Gasteiger partial charge in [0.05, 0.1) is 22.6 Å². The molecule has 0 aliphatic heterocycles. The van der Waals surface area contributed by atoms with Crippen molar-refractivity contribution >= 4 is 33.4 Å². The third-order valence-corrected chi connectivity index (χ3v) is 3.28. The summed E-state index contributed by atoms with van der Waals surface area (Å²) in [5.41, 5.74) is 0.404. The van der Waals surface area contributed by atoms with Crippen LogP contribution in [0.5, 0.6) is 0 Å². The first kappa shape index (κ1) is 13.0. The van der Waals surface area contributed by atoms with Crippen molar-refractivity contribution in [3.05, 3.63) is 33.3 Å². The molecule has 0 heterocycles. The molecule has 0 aliphatic rings. The molecule has 1 N–H and O–H groups in total. The molecule has 0 spiro atoms. The monoisotopic (exact) mass is 300 g/mol. The lowest BCUT2D eigenvalue weighted by Gasteiger charge is -2.08. The fourth-order valence-electron chi connectivity index (χ4n) is 1.07. The first-order valence-electron chi connectivity index (χ1n) is 4.68. The van der Waals surface area contributed by atoms with Gasteiger partial charge in [0.15, 0.2) is 0 Å². The van der Waals surface area contributed by atoms with Crippen LogP contribution in [0.3, 0.4) is 0 Å². The predicted molar refractivity (Wildman–Crippen MR) is 66.3 cm³/mol. The van der Waals surface area contributed by atoms with E-state index in [1.165, 1.54) is 0 Å². The van der Waals surface area contributed by atoms with Crippen molar-refractivity contribution in [3.8, 4) is 6.07 Å². The Morgan fingerprint density at radius 1 is 1.69 bits per heavy atom. The van der Waals surface area contributed by atoms with Gasteiger partial charge in [-0.25, -0.2) is 0 Å². The van der Waals surface area contributed by atoms with Gasteiger partial charge in [-0.3, -0.25) is 4.79 Å². The second kappa shape index (κ2) is 5.88. The lowest BCUT2D eigenvalue weighted by Crippen LogP contribution is -2.28.